The van der Waals surface area contributed by atoms with Gasteiger partial charge in [0.25, 0.3) is 5.56 Å². The van der Waals surface area contributed by atoms with E-state index in [1.807, 2.05) is 0 Å². The molecule has 0 amide bonds. The molecule has 0 aliphatic heterocycles. The van der Waals surface area contributed by atoms with Gasteiger partial charge in [-0.2, -0.15) is 0 Å². The van der Waals surface area contributed by atoms with Crippen LogP contribution in [0.4, 0.5) is 4.39 Å². The van der Waals surface area contributed by atoms with Crippen LogP contribution in [0.15, 0.2) is 68.1 Å². The van der Waals surface area contributed by atoms with E-state index in [-0.39, 0.29) is 24.5 Å². The van der Waals surface area contributed by atoms with Crippen LogP contribution in [0.5, 0.6) is 0 Å². The number of nitrogens with zero attached hydrogens (tertiary/aromatic N) is 2. The third kappa shape index (κ3) is 2.83. The quantitative estimate of drug-likeness (QED) is 0.565. The zero-order chi connectivity index (χ0) is 17.4. The maximum Gasteiger partial charge on any atom is 0.332 e. The Balaban J connectivity index is 1.89. The molecule has 7 heteroatoms. The minimum absolute atomic E-state index is 0.0572. The molecular weight excluding hydrogens is 343 g/mol. The Bertz CT molecular complexity index is 1160. The van der Waals surface area contributed by atoms with Crippen molar-refractivity contribution >= 4 is 21.6 Å². The van der Waals surface area contributed by atoms with Gasteiger partial charge in [0.15, 0.2) is 0 Å². The second-order valence-corrected chi connectivity index (χ2v) is 6.52. The SMILES string of the molecule is O=c1c2sccc2n(Cc2cccc(F)c2)c(=O)n1Cc1ccco1. The number of halogens is 1. The number of benzene rings is 1. The third-order valence-corrected chi connectivity index (χ3v) is 4.85. The molecule has 25 heavy (non-hydrogen) atoms. The Morgan fingerprint density at radius 3 is 2.68 bits per heavy atom. The van der Waals surface area contributed by atoms with E-state index >= 15 is 0 Å². The predicted octanol–water partition coefficient (Wildman–Crippen LogP) is 3.05. The zero-order valence-electron chi connectivity index (χ0n) is 13.0. The van der Waals surface area contributed by atoms with Crippen LogP contribution in [0.1, 0.15) is 11.3 Å². The van der Waals surface area contributed by atoms with Crippen LogP contribution in [0.25, 0.3) is 10.2 Å². The summed E-state index contributed by atoms with van der Waals surface area (Å²) < 4.78 is 21.9. The second kappa shape index (κ2) is 6.18. The molecular formula is C18H13FN2O3S. The van der Waals surface area contributed by atoms with Gasteiger partial charge in [0.2, 0.25) is 0 Å². The highest BCUT2D eigenvalue weighted by molar-refractivity contribution is 7.17. The fourth-order valence-corrected chi connectivity index (χ4v) is 3.64. The number of rotatable bonds is 4. The van der Waals surface area contributed by atoms with Crippen molar-refractivity contribution in [2.75, 3.05) is 0 Å². The number of thiophene rings is 1. The molecule has 0 spiro atoms. The topological polar surface area (TPSA) is 57.1 Å². The van der Waals surface area contributed by atoms with E-state index in [2.05, 4.69) is 0 Å². The molecule has 0 radical (unpaired) electrons. The molecule has 0 N–H and O–H groups in total. The summed E-state index contributed by atoms with van der Waals surface area (Å²) in [5, 5.41) is 1.77. The Hall–Kier alpha value is -2.93. The zero-order valence-corrected chi connectivity index (χ0v) is 13.8. The standard InChI is InChI=1S/C18H13FN2O3S/c19-13-4-1-3-12(9-13)10-20-15-6-8-25-16(15)17(22)21(18(20)23)11-14-5-2-7-24-14/h1-9H,10-11H2. The van der Waals surface area contributed by atoms with Crippen molar-refractivity contribution in [1.29, 1.82) is 0 Å². The summed E-state index contributed by atoms with van der Waals surface area (Å²) in [6, 6.07) is 11.2. The number of aromatic nitrogens is 2. The molecule has 0 aliphatic carbocycles. The van der Waals surface area contributed by atoms with Crippen LogP contribution in [-0.2, 0) is 13.1 Å². The van der Waals surface area contributed by atoms with Gasteiger partial charge in [-0.05, 0) is 41.3 Å². The molecule has 0 atom stereocenters. The van der Waals surface area contributed by atoms with Crippen molar-refractivity contribution in [3.8, 4) is 0 Å². The van der Waals surface area contributed by atoms with Crippen molar-refractivity contribution in [2.45, 2.75) is 13.1 Å². The normalized spacial score (nSPS) is 11.2. The van der Waals surface area contributed by atoms with Crippen molar-refractivity contribution in [1.82, 2.24) is 9.13 Å². The van der Waals surface area contributed by atoms with Crippen molar-refractivity contribution in [3.05, 3.63) is 92.1 Å². The summed E-state index contributed by atoms with van der Waals surface area (Å²) in [5.74, 6) is 0.156. The minimum atomic E-state index is -0.448. The maximum atomic E-state index is 13.5. The first-order valence-corrected chi connectivity index (χ1v) is 8.49. The first kappa shape index (κ1) is 15.6. The van der Waals surface area contributed by atoms with Gasteiger partial charge in [-0.15, -0.1) is 11.3 Å². The number of furan rings is 1. The molecule has 3 heterocycles. The molecule has 3 aromatic heterocycles. The molecule has 5 nitrogen and oxygen atoms in total. The van der Waals surface area contributed by atoms with Gasteiger partial charge in [-0.1, -0.05) is 12.1 Å². The molecule has 0 unspecified atom stereocenters. The largest absolute Gasteiger partial charge is 0.467 e. The van der Waals surface area contributed by atoms with Crippen LogP contribution < -0.4 is 11.2 Å². The summed E-state index contributed by atoms with van der Waals surface area (Å²) in [5.41, 5.74) is 0.413. The van der Waals surface area contributed by atoms with E-state index in [4.69, 9.17) is 4.42 Å². The lowest BCUT2D eigenvalue weighted by Gasteiger charge is -2.11. The summed E-state index contributed by atoms with van der Waals surface area (Å²) in [6.45, 7) is 0.240. The lowest BCUT2D eigenvalue weighted by molar-refractivity contribution is 0.479. The van der Waals surface area contributed by atoms with Crippen LogP contribution in [0.2, 0.25) is 0 Å². The lowest BCUT2D eigenvalue weighted by atomic mass is 10.2. The Morgan fingerprint density at radius 2 is 1.92 bits per heavy atom. The second-order valence-electron chi connectivity index (χ2n) is 5.60. The molecule has 0 fully saturated rings. The van der Waals surface area contributed by atoms with Gasteiger partial charge < -0.3 is 4.42 Å². The third-order valence-electron chi connectivity index (χ3n) is 3.96. The average molecular weight is 356 g/mol. The molecule has 0 aliphatic rings. The van der Waals surface area contributed by atoms with Gasteiger partial charge in [-0.3, -0.25) is 13.9 Å². The van der Waals surface area contributed by atoms with Gasteiger partial charge in [-0.25, -0.2) is 9.18 Å². The molecule has 126 valence electrons. The van der Waals surface area contributed by atoms with Crippen molar-refractivity contribution in [3.63, 3.8) is 0 Å². The van der Waals surface area contributed by atoms with E-state index in [0.717, 1.165) is 4.57 Å². The number of fused-ring (bicyclic) bond motifs is 1. The van der Waals surface area contributed by atoms with E-state index in [0.29, 0.717) is 21.5 Å². The summed E-state index contributed by atoms with van der Waals surface area (Å²) in [6.07, 6.45) is 1.50. The highest BCUT2D eigenvalue weighted by atomic mass is 32.1. The van der Waals surface area contributed by atoms with E-state index in [1.165, 1.54) is 34.3 Å². The van der Waals surface area contributed by atoms with Crippen LogP contribution in [0.3, 0.4) is 0 Å². The van der Waals surface area contributed by atoms with Gasteiger partial charge in [0.05, 0.1) is 24.9 Å². The predicted molar refractivity (Wildman–Crippen MR) is 93.7 cm³/mol. The summed E-state index contributed by atoms with van der Waals surface area (Å²) in [4.78, 5) is 25.6. The van der Waals surface area contributed by atoms with Gasteiger partial charge in [0, 0.05) is 0 Å². The first-order chi connectivity index (χ1) is 12.1. The van der Waals surface area contributed by atoms with Gasteiger partial charge in [0.1, 0.15) is 16.3 Å². The van der Waals surface area contributed by atoms with E-state index in [1.54, 1.807) is 35.7 Å². The van der Waals surface area contributed by atoms with E-state index in [9.17, 15) is 14.0 Å². The van der Waals surface area contributed by atoms with Crippen LogP contribution >= 0.6 is 11.3 Å². The van der Waals surface area contributed by atoms with Crippen molar-refractivity contribution in [2.24, 2.45) is 0 Å². The number of hydrogen-bond acceptors (Lipinski definition) is 4. The fraction of sp³-hybridized carbons (Fsp3) is 0.111. The summed E-state index contributed by atoms with van der Waals surface area (Å²) >= 11 is 1.28. The Labute approximate surface area is 145 Å². The lowest BCUT2D eigenvalue weighted by Crippen LogP contribution is -2.40. The first-order valence-electron chi connectivity index (χ1n) is 7.61. The number of hydrogen-bond donors (Lipinski definition) is 0. The highest BCUT2D eigenvalue weighted by Gasteiger charge is 2.15. The smallest absolute Gasteiger partial charge is 0.332 e. The Kier molecular flexibility index (Phi) is 3.85. The minimum Gasteiger partial charge on any atom is -0.467 e. The maximum absolute atomic E-state index is 13.5. The highest BCUT2D eigenvalue weighted by Crippen LogP contribution is 2.17. The molecule has 1 aromatic carbocycles. The van der Waals surface area contributed by atoms with Crippen LogP contribution in [-0.4, -0.2) is 9.13 Å². The summed E-state index contributed by atoms with van der Waals surface area (Å²) in [7, 11) is 0. The van der Waals surface area contributed by atoms with Gasteiger partial charge >= 0.3 is 5.69 Å². The van der Waals surface area contributed by atoms with Crippen molar-refractivity contribution < 1.29 is 8.81 Å². The Morgan fingerprint density at radius 1 is 1.04 bits per heavy atom. The average Bonchev–Trinajstić information content (AvgIpc) is 3.27. The molecule has 4 rings (SSSR count). The van der Waals surface area contributed by atoms with Crippen LogP contribution in [0, 0.1) is 5.82 Å². The molecule has 0 saturated heterocycles. The molecule has 0 saturated carbocycles. The monoisotopic (exact) mass is 356 g/mol. The fourth-order valence-electron chi connectivity index (χ4n) is 2.80. The van der Waals surface area contributed by atoms with E-state index < -0.39 is 5.69 Å². The molecule has 4 aromatic rings. The molecule has 0 bridgehead atoms.